The largest absolute Gasteiger partial charge is 0.480 e. The molecule has 9 heteroatoms. The quantitative estimate of drug-likeness (QED) is 0.401. The molecule has 0 spiro atoms. The molecule has 15 heavy (non-hydrogen) atoms. The normalized spacial score (nSPS) is 11.2. The third-order valence-corrected chi connectivity index (χ3v) is 2.40. The van der Waals surface area contributed by atoms with E-state index >= 15 is 0 Å². The van der Waals surface area contributed by atoms with Gasteiger partial charge in [-0.2, -0.15) is 0 Å². The van der Waals surface area contributed by atoms with Crippen molar-refractivity contribution < 1.29 is 27.9 Å². The third kappa shape index (κ3) is 9.12. The molecule has 0 bridgehead atoms. The molecule has 0 aromatic rings. The zero-order chi connectivity index (χ0) is 11.9. The molecule has 0 unspecified atom stereocenters. The number of ether oxygens (including phenoxy) is 1. The Morgan fingerprint density at radius 3 is 2.47 bits per heavy atom. The highest BCUT2D eigenvalue weighted by atomic mass is 32.2. The van der Waals surface area contributed by atoms with Crippen LogP contribution in [0.4, 0.5) is 0 Å². The van der Waals surface area contributed by atoms with Crippen LogP contribution in [0.5, 0.6) is 0 Å². The summed E-state index contributed by atoms with van der Waals surface area (Å²) in [6.45, 7) is -0.467. The van der Waals surface area contributed by atoms with Crippen LogP contribution in [0, 0.1) is 0 Å². The molecule has 0 aromatic heterocycles. The van der Waals surface area contributed by atoms with Crippen LogP contribution in [0.1, 0.15) is 0 Å². The zero-order valence-electron chi connectivity index (χ0n) is 7.80. The number of carbonyl (C=O) groups excluding carboxylic acids is 1. The van der Waals surface area contributed by atoms with Crippen molar-refractivity contribution in [3.05, 3.63) is 0 Å². The molecule has 1 amide bonds. The molecule has 8 nitrogen and oxygen atoms in total. The standard InChI is InChI=1S/C6H12N2O6S/c7-5(9)3-14-2-1-8-15(12,13)4-6(10)11/h8H,1-4H2,(H2,7,9)(H,10,11). The van der Waals surface area contributed by atoms with Gasteiger partial charge in [0.05, 0.1) is 6.61 Å². The molecular formula is C6H12N2O6S. The Morgan fingerprint density at radius 1 is 1.40 bits per heavy atom. The van der Waals surface area contributed by atoms with Gasteiger partial charge in [0.1, 0.15) is 6.61 Å². The number of aliphatic carboxylic acids is 1. The minimum absolute atomic E-state index is 0.0538. The first kappa shape index (κ1) is 13.8. The number of hydrogen-bond donors (Lipinski definition) is 3. The Balaban J connectivity index is 3.67. The number of amides is 1. The van der Waals surface area contributed by atoms with Gasteiger partial charge < -0.3 is 15.6 Å². The van der Waals surface area contributed by atoms with Crippen LogP contribution in [0.15, 0.2) is 0 Å². The highest BCUT2D eigenvalue weighted by molar-refractivity contribution is 7.90. The molecule has 0 aromatic carbocycles. The summed E-state index contributed by atoms with van der Waals surface area (Å²) >= 11 is 0. The topological polar surface area (TPSA) is 136 Å². The molecule has 0 atom stereocenters. The molecule has 0 saturated heterocycles. The van der Waals surface area contributed by atoms with E-state index in [2.05, 4.69) is 4.74 Å². The Hall–Kier alpha value is -1.19. The lowest BCUT2D eigenvalue weighted by Crippen LogP contribution is -2.33. The Bertz CT molecular complexity index is 325. The summed E-state index contributed by atoms with van der Waals surface area (Å²) in [6, 6.07) is 0. The summed E-state index contributed by atoms with van der Waals surface area (Å²) in [5.41, 5.74) is 4.75. The van der Waals surface area contributed by atoms with E-state index in [0.29, 0.717) is 0 Å². The number of primary amides is 1. The average Bonchev–Trinajstić information content (AvgIpc) is 1.99. The maximum Gasteiger partial charge on any atom is 0.320 e. The summed E-state index contributed by atoms with van der Waals surface area (Å²) in [6.07, 6.45) is 0. The van der Waals surface area contributed by atoms with Gasteiger partial charge >= 0.3 is 5.97 Å². The maximum atomic E-state index is 10.9. The van der Waals surface area contributed by atoms with Crippen molar-refractivity contribution in [1.82, 2.24) is 4.72 Å². The lowest BCUT2D eigenvalue weighted by Gasteiger charge is -2.04. The average molecular weight is 240 g/mol. The summed E-state index contributed by atoms with van der Waals surface area (Å²) < 4.78 is 28.4. The molecule has 4 N–H and O–H groups in total. The van der Waals surface area contributed by atoms with E-state index in [4.69, 9.17) is 10.8 Å². The monoisotopic (exact) mass is 240 g/mol. The maximum absolute atomic E-state index is 10.9. The summed E-state index contributed by atoms with van der Waals surface area (Å²) in [5, 5.41) is 8.21. The van der Waals surface area contributed by atoms with Crippen LogP contribution in [0.25, 0.3) is 0 Å². The van der Waals surface area contributed by atoms with Gasteiger partial charge in [0.25, 0.3) is 0 Å². The highest BCUT2D eigenvalue weighted by Crippen LogP contribution is 1.83. The van der Waals surface area contributed by atoms with Crippen LogP contribution < -0.4 is 10.5 Å². The van der Waals surface area contributed by atoms with Gasteiger partial charge in [-0.1, -0.05) is 0 Å². The van der Waals surface area contributed by atoms with E-state index in [0.717, 1.165) is 0 Å². The van der Waals surface area contributed by atoms with Crippen molar-refractivity contribution in [2.24, 2.45) is 5.73 Å². The molecular weight excluding hydrogens is 228 g/mol. The Labute approximate surface area is 86.4 Å². The number of sulfonamides is 1. The SMILES string of the molecule is NC(=O)COCCNS(=O)(=O)CC(=O)O. The van der Waals surface area contributed by atoms with Crippen molar-refractivity contribution in [3.63, 3.8) is 0 Å². The van der Waals surface area contributed by atoms with E-state index in [1.54, 1.807) is 0 Å². The van der Waals surface area contributed by atoms with Gasteiger partial charge in [0, 0.05) is 6.54 Å². The number of hydrogen-bond acceptors (Lipinski definition) is 5. The fourth-order valence-electron chi connectivity index (χ4n) is 0.656. The van der Waals surface area contributed by atoms with Crippen molar-refractivity contribution in [2.75, 3.05) is 25.5 Å². The molecule has 0 heterocycles. The predicted octanol–water partition coefficient (Wildman–Crippen LogP) is -2.51. The molecule has 0 saturated carbocycles. The molecule has 0 aliphatic rings. The second-order valence-electron chi connectivity index (χ2n) is 2.57. The minimum atomic E-state index is -3.83. The van der Waals surface area contributed by atoms with Gasteiger partial charge in [-0.15, -0.1) is 0 Å². The van der Waals surface area contributed by atoms with Crippen LogP contribution in [0.3, 0.4) is 0 Å². The number of nitrogens with one attached hydrogen (secondary N) is 1. The first-order valence-corrected chi connectivity index (χ1v) is 5.54. The van der Waals surface area contributed by atoms with E-state index in [9.17, 15) is 18.0 Å². The smallest absolute Gasteiger partial charge is 0.320 e. The third-order valence-electron chi connectivity index (χ3n) is 1.13. The fraction of sp³-hybridized carbons (Fsp3) is 0.667. The first-order chi connectivity index (χ1) is 6.83. The van der Waals surface area contributed by atoms with Crippen molar-refractivity contribution in [2.45, 2.75) is 0 Å². The van der Waals surface area contributed by atoms with E-state index < -0.39 is 27.7 Å². The number of nitrogens with two attached hydrogens (primary N) is 1. The molecule has 88 valence electrons. The van der Waals surface area contributed by atoms with Gasteiger partial charge in [-0.05, 0) is 0 Å². The zero-order valence-corrected chi connectivity index (χ0v) is 8.62. The number of rotatable bonds is 8. The van der Waals surface area contributed by atoms with Gasteiger partial charge in [0.2, 0.25) is 15.9 Å². The molecule has 0 aliphatic heterocycles. The van der Waals surface area contributed by atoms with E-state index in [1.165, 1.54) is 0 Å². The molecule has 0 radical (unpaired) electrons. The van der Waals surface area contributed by atoms with Crippen molar-refractivity contribution in [3.8, 4) is 0 Å². The van der Waals surface area contributed by atoms with Crippen molar-refractivity contribution >= 4 is 21.9 Å². The van der Waals surface area contributed by atoms with Gasteiger partial charge in [-0.25, -0.2) is 13.1 Å². The predicted molar refractivity (Wildman–Crippen MR) is 49.4 cm³/mol. The lowest BCUT2D eigenvalue weighted by atomic mass is 10.6. The molecule has 0 aliphatic carbocycles. The molecule has 0 fully saturated rings. The van der Waals surface area contributed by atoms with Crippen LogP contribution >= 0.6 is 0 Å². The van der Waals surface area contributed by atoms with E-state index in [1.807, 2.05) is 4.72 Å². The van der Waals surface area contributed by atoms with Crippen LogP contribution in [0.2, 0.25) is 0 Å². The van der Waals surface area contributed by atoms with Crippen LogP contribution in [-0.4, -0.2) is 50.9 Å². The minimum Gasteiger partial charge on any atom is -0.480 e. The van der Waals surface area contributed by atoms with Gasteiger partial charge in [0.15, 0.2) is 5.75 Å². The molecule has 0 rings (SSSR count). The fourth-order valence-corrected chi connectivity index (χ4v) is 1.48. The van der Waals surface area contributed by atoms with Crippen molar-refractivity contribution in [1.29, 1.82) is 0 Å². The summed E-state index contributed by atoms with van der Waals surface area (Å²) in [5.74, 6) is -3.10. The number of carboxylic acids is 1. The second kappa shape index (κ2) is 6.32. The first-order valence-electron chi connectivity index (χ1n) is 3.88. The number of carbonyl (C=O) groups is 2. The summed E-state index contributed by atoms with van der Waals surface area (Å²) in [7, 11) is -3.83. The lowest BCUT2D eigenvalue weighted by molar-refractivity contribution is -0.134. The summed E-state index contributed by atoms with van der Waals surface area (Å²) in [4.78, 5) is 20.3. The Morgan fingerprint density at radius 2 is 2.00 bits per heavy atom. The van der Waals surface area contributed by atoms with Crippen LogP contribution in [-0.2, 0) is 24.3 Å². The van der Waals surface area contributed by atoms with Gasteiger partial charge in [-0.3, -0.25) is 9.59 Å². The van der Waals surface area contributed by atoms with E-state index in [-0.39, 0.29) is 19.8 Å². The highest BCUT2D eigenvalue weighted by Gasteiger charge is 2.14. The Kier molecular flexibility index (Phi) is 5.82. The number of carboxylic acid groups (broad SMARTS) is 1. The second-order valence-corrected chi connectivity index (χ2v) is 4.37.